The zero-order chi connectivity index (χ0) is 16.9. The molecule has 3 rings (SSSR count). The van der Waals surface area contributed by atoms with E-state index >= 15 is 0 Å². The minimum Gasteiger partial charge on any atom is -0.326 e. The highest BCUT2D eigenvalue weighted by Crippen LogP contribution is 2.24. The summed E-state index contributed by atoms with van der Waals surface area (Å²) in [5.41, 5.74) is 2.27. The number of hydrogen-bond donors (Lipinski definition) is 1. The van der Waals surface area contributed by atoms with Gasteiger partial charge in [-0.1, -0.05) is 18.2 Å². The predicted octanol–water partition coefficient (Wildman–Crippen LogP) is 3.90. The molecule has 3 aromatic rings. The first-order valence-electron chi connectivity index (χ1n) is 7.16. The molecule has 1 heterocycles. The quantitative estimate of drug-likeness (QED) is 0.564. The number of nitro groups is 1. The number of thiazole rings is 1. The third kappa shape index (κ3) is 3.82. The Morgan fingerprint density at radius 3 is 2.50 bits per heavy atom. The van der Waals surface area contributed by atoms with E-state index in [1.165, 1.54) is 23.5 Å². The Labute approximate surface area is 141 Å². The lowest BCUT2D eigenvalue weighted by Gasteiger charge is -2.02. The van der Waals surface area contributed by atoms with Crippen LogP contribution >= 0.6 is 11.3 Å². The Morgan fingerprint density at radius 2 is 1.83 bits per heavy atom. The SMILES string of the molecule is O=C(Cc1nc(-c2ccc([N+](=O)[O-])cc2)cs1)Nc1ccccc1. The van der Waals surface area contributed by atoms with Gasteiger partial charge in [0.2, 0.25) is 5.91 Å². The van der Waals surface area contributed by atoms with Gasteiger partial charge in [0.25, 0.3) is 5.69 Å². The van der Waals surface area contributed by atoms with Gasteiger partial charge in [-0.3, -0.25) is 14.9 Å². The monoisotopic (exact) mass is 339 g/mol. The molecule has 0 radical (unpaired) electrons. The van der Waals surface area contributed by atoms with E-state index in [9.17, 15) is 14.9 Å². The van der Waals surface area contributed by atoms with E-state index in [1.54, 1.807) is 12.1 Å². The Kier molecular flexibility index (Phi) is 4.62. The standard InChI is InChI=1S/C17H13N3O3S/c21-16(18-13-4-2-1-3-5-13)10-17-19-15(11-24-17)12-6-8-14(9-7-12)20(22)23/h1-9,11H,10H2,(H,18,21). The van der Waals surface area contributed by atoms with Crippen molar-refractivity contribution in [3.8, 4) is 11.3 Å². The van der Waals surface area contributed by atoms with Crippen LogP contribution in [-0.4, -0.2) is 15.8 Å². The molecule has 7 heteroatoms. The average molecular weight is 339 g/mol. The van der Waals surface area contributed by atoms with Gasteiger partial charge < -0.3 is 5.32 Å². The number of nitrogens with one attached hydrogen (secondary N) is 1. The molecule has 0 unspecified atom stereocenters. The highest BCUT2D eigenvalue weighted by Gasteiger charge is 2.11. The number of para-hydroxylation sites is 1. The van der Waals surface area contributed by atoms with Gasteiger partial charge in [-0.05, 0) is 24.3 Å². The Hall–Kier alpha value is -3.06. The molecule has 120 valence electrons. The van der Waals surface area contributed by atoms with Crippen LogP contribution in [0.1, 0.15) is 5.01 Å². The molecule has 0 saturated heterocycles. The summed E-state index contributed by atoms with van der Waals surface area (Å²) in [5.74, 6) is -0.134. The first-order valence-corrected chi connectivity index (χ1v) is 8.04. The van der Waals surface area contributed by atoms with Crippen LogP contribution in [0.25, 0.3) is 11.3 Å². The molecule has 0 aliphatic carbocycles. The van der Waals surface area contributed by atoms with Crippen LogP contribution in [0.4, 0.5) is 11.4 Å². The van der Waals surface area contributed by atoms with E-state index in [-0.39, 0.29) is 18.0 Å². The highest BCUT2D eigenvalue weighted by atomic mass is 32.1. The minimum atomic E-state index is -0.440. The molecular formula is C17H13N3O3S. The Morgan fingerprint density at radius 1 is 1.12 bits per heavy atom. The van der Waals surface area contributed by atoms with Crippen LogP contribution in [-0.2, 0) is 11.2 Å². The van der Waals surface area contributed by atoms with E-state index in [2.05, 4.69) is 10.3 Å². The molecule has 0 saturated carbocycles. The summed E-state index contributed by atoms with van der Waals surface area (Å²) < 4.78 is 0. The first-order chi connectivity index (χ1) is 11.6. The van der Waals surface area contributed by atoms with Crippen molar-refractivity contribution in [2.24, 2.45) is 0 Å². The zero-order valence-corrected chi connectivity index (χ0v) is 13.3. The highest BCUT2D eigenvalue weighted by molar-refractivity contribution is 7.10. The maximum atomic E-state index is 12.0. The molecule has 1 aromatic heterocycles. The number of aromatic nitrogens is 1. The Bertz CT molecular complexity index is 860. The van der Waals surface area contributed by atoms with Gasteiger partial charge in [-0.25, -0.2) is 4.98 Å². The van der Waals surface area contributed by atoms with E-state index < -0.39 is 4.92 Å². The molecule has 24 heavy (non-hydrogen) atoms. The minimum absolute atomic E-state index is 0.0384. The molecule has 0 bridgehead atoms. The summed E-state index contributed by atoms with van der Waals surface area (Å²) in [7, 11) is 0. The first kappa shape index (κ1) is 15.8. The second kappa shape index (κ2) is 7.01. The summed E-state index contributed by atoms with van der Waals surface area (Å²) in [6.07, 6.45) is 0.187. The second-order valence-electron chi connectivity index (χ2n) is 5.02. The number of carbonyl (C=O) groups excluding carboxylic acids is 1. The summed E-state index contributed by atoms with van der Waals surface area (Å²) in [6, 6.07) is 15.4. The maximum absolute atomic E-state index is 12.0. The molecule has 1 amide bonds. The number of anilines is 1. The molecule has 0 fully saturated rings. The van der Waals surface area contributed by atoms with Crippen LogP contribution in [0, 0.1) is 10.1 Å². The van der Waals surface area contributed by atoms with E-state index in [4.69, 9.17) is 0 Å². The summed E-state index contributed by atoms with van der Waals surface area (Å²) in [5, 5.41) is 16.0. The number of amides is 1. The fourth-order valence-corrected chi connectivity index (χ4v) is 2.94. The predicted molar refractivity (Wildman–Crippen MR) is 93.0 cm³/mol. The molecule has 0 spiro atoms. The average Bonchev–Trinajstić information content (AvgIpc) is 3.04. The second-order valence-corrected chi connectivity index (χ2v) is 5.96. The van der Waals surface area contributed by atoms with Gasteiger partial charge in [0.1, 0.15) is 5.01 Å². The lowest BCUT2D eigenvalue weighted by Crippen LogP contribution is -2.14. The van der Waals surface area contributed by atoms with E-state index in [0.29, 0.717) is 10.7 Å². The van der Waals surface area contributed by atoms with Gasteiger partial charge in [-0.2, -0.15) is 0 Å². The van der Waals surface area contributed by atoms with Gasteiger partial charge >= 0.3 is 0 Å². The van der Waals surface area contributed by atoms with Crippen LogP contribution in [0.3, 0.4) is 0 Å². The summed E-state index contributed by atoms with van der Waals surface area (Å²) in [6.45, 7) is 0. The van der Waals surface area contributed by atoms with Gasteiger partial charge in [0, 0.05) is 28.8 Å². The fraction of sp³-hybridized carbons (Fsp3) is 0.0588. The van der Waals surface area contributed by atoms with Crippen molar-refractivity contribution in [3.05, 3.63) is 75.1 Å². The molecule has 1 N–H and O–H groups in total. The summed E-state index contributed by atoms with van der Waals surface area (Å²) in [4.78, 5) is 26.7. The third-order valence-electron chi connectivity index (χ3n) is 3.29. The van der Waals surface area contributed by atoms with E-state index in [1.807, 2.05) is 35.7 Å². The van der Waals surface area contributed by atoms with Crippen molar-refractivity contribution >= 4 is 28.6 Å². The fourth-order valence-electron chi connectivity index (χ4n) is 2.14. The van der Waals surface area contributed by atoms with Gasteiger partial charge in [0.15, 0.2) is 0 Å². The van der Waals surface area contributed by atoms with Crippen molar-refractivity contribution < 1.29 is 9.72 Å². The molecule has 0 atom stereocenters. The number of benzene rings is 2. The molecule has 6 nitrogen and oxygen atoms in total. The normalized spacial score (nSPS) is 10.3. The third-order valence-corrected chi connectivity index (χ3v) is 4.14. The lowest BCUT2D eigenvalue weighted by atomic mass is 10.1. The maximum Gasteiger partial charge on any atom is 0.269 e. The van der Waals surface area contributed by atoms with Crippen LogP contribution in [0.2, 0.25) is 0 Å². The number of non-ortho nitro benzene ring substituents is 1. The summed E-state index contributed by atoms with van der Waals surface area (Å²) >= 11 is 1.39. The molecular weight excluding hydrogens is 326 g/mol. The zero-order valence-electron chi connectivity index (χ0n) is 12.5. The van der Waals surface area contributed by atoms with Crippen molar-refractivity contribution in [2.45, 2.75) is 6.42 Å². The number of rotatable bonds is 5. The number of nitrogens with zero attached hydrogens (tertiary/aromatic N) is 2. The van der Waals surface area contributed by atoms with Crippen LogP contribution in [0.5, 0.6) is 0 Å². The van der Waals surface area contributed by atoms with E-state index in [0.717, 1.165) is 11.3 Å². The lowest BCUT2D eigenvalue weighted by molar-refractivity contribution is -0.384. The van der Waals surface area contributed by atoms with Crippen molar-refractivity contribution in [2.75, 3.05) is 5.32 Å². The largest absolute Gasteiger partial charge is 0.326 e. The number of carbonyl (C=O) groups is 1. The van der Waals surface area contributed by atoms with Crippen LogP contribution in [0.15, 0.2) is 60.0 Å². The smallest absolute Gasteiger partial charge is 0.269 e. The van der Waals surface area contributed by atoms with Crippen molar-refractivity contribution in [1.82, 2.24) is 4.98 Å². The molecule has 0 aliphatic rings. The Balaban J connectivity index is 1.67. The van der Waals surface area contributed by atoms with Gasteiger partial charge in [0.05, 0.1) is 17.0 Å². The van der Waals surface area contributed by atoms with Crippen molar-refractivity contribution in [3.63, 3.8) is 0 Å². The van der Waals surface area contributed by atoms with Crippen LogP contribution < -0.4 is 5.32 Å². The topological polar surface area (TPSA) is 85.1 Å². The number of nitro benzene ring substituents is 1. The van der Waals surface area contributed by atoms with Crippen molar-refractivity contribution in [1.29, 1.82) is 0 Å². The van der Waals surface area contributed by atoms with Gasteiger partial charge in [-0.15, -0.1) is 11.3 Å². The molecule has 0 aliphatic heterocycles. The molecule has 2 aromatic carbocycles. The number of hydrogen-bond acceptors (Lipinski definition) is 5.